The average Bonchev–Trinajstić information content (AvgIpc) is 2.40. The number of hydrogen-bond donors (Lipinski definition) is 0. The number of carbonyl (C=O) groups is 2. The van der Waals surface area contributed by atoms with Crippen molar-refractivity contribution in [3.63, 3.8) is 0 Å². The van der Waals surface area contributed by atoms with Crippen LogP contribution in [0.3, 0.4) is 0 Å². The quantitative estimate of drug-likeness (QED) is 0.634. The summed E-state index contributed by atoms with van der Waals surface area (Å²) in [5.74, 6) is 0. The van der Waals surface area contributed by atoms with Crippen molar-refractivity contribution in [2.75, 3.05) is 6.54 Å². The predicted molar refractivity (Wildman–Crippen MR) is 75.2 cm³/mol. The minimum atomic E-state index is -1.36. The Morgan fingerprint density at radius 1 is 1.11 bits per heavy atom. The first-order valence-corrected chi connectivity index (χ1v) is 7.02. The van der Waals surface area contributed by atoms with Crippen LogP contribution in [0.15, 0.2) is 30.3 Å². The van der Waals surface area contributed by atoms with Gasteiger partial charge in [-0.2, -0.15) is 0 Å². The Labute approximate surface area is 122 Å². The second-order valence-electron chi connectivity index (χ2n) is 4.77. The van der Waals surface area contributed by atoms with E-state index in [0.717, 1.165) is 18.4 Å². The van der Waals surface area contributed by atoms with Crippen LogP contribution in [-0.2, 0) is 16.1 Å². The second-order valence-corrected chi connectivity index (χ2v) is 5.46. The average molecular weight is 300 g/mol. The summed E-state index contributed by atoms with van der Waals surface area (Å²) in [5.41, 5.74) is -0.332. The van der Waals surface area contributed by atoms with Crippen LogP contribution in [0.5, 0.6) is 0 Å². The molecule has 1 aromatic carbocycles. The van der Waals surface area contributed by atoms with E-state index >= 15 is 0 Å². The summed E-state index contributed by atoms with van der Waals surface area (Å²) < 4.78 is 0. The highest BCUT2D eigenvalue weighted by atomic mass is 35.5. The van der Waals surface area contributed by atoms with Crippen molar-refractivity contribution in [1.29, 1.82) is 0 Å². The fraction of sp³-hybridized carbons (Fsp3) is 0.429. The van der Waals surface area contributed by atoms with Crippen LogP contribution in [0.25, 0.3) is 0 Å². The number of likely N-dealkylation sites (tertiary alicyclic amines) is 1. The zero-order chi connectivity index (χ0) is 13.9. The molecule has 0 aromatic heterocycles. The van der Waals surface area contributed by atoms with Gasteiger partial charge in [0.15, 0.2) is 5.54 Å². The number of carbonyl (C=O) groups excluding carboxylic acids is 2. The highest BCUT2D eigenvalue weighted by molar-refractivity contribution is 6.76. The number of nitrogens with zero attached hydrogens (tertiary/aromatic N) is 1. The van der Waals surface area contributed by atoms with Crippen LogP contribution in [0.4, 0.5) is 0 Å². The van der Waals surface area contributed by atoms with Gasteiger partial charge in [-0.05, 0) is 54.6 Å². The molecule has 0 aliphatic carbocycles. The molecule has 0 N–H and O–H groups in total. The fourth-order valence-corrected chi connectivity index (χ4v) is 3.22. The van der Waals surface area contributed by atoms with E-state index in [1.165, 1.54) is 0 Å². The van der Waals surface area contributed by atoms with E-state index in [2.05, 4.69) is 0 Å². The number of hydrogen-bond acceptors (Lipinski definition) is 3. The van der Waals surface area contributed by atoms with Crippen LogP contribution in [0.2, 0.25) is 0 Å². The van der Waals surface area contributed by atoms with Crippen molar-refractivity contribution in [3.8, 4) is 0 Å². The third-order valence-corrected chi connectivity index (χ3v) is 4.25. The Balaban J connectivity index is 2.29. The van der Waals surface area contributed by atoms with Gasteiger partial charge in [0.05, 0.1) is 0 Å². The number of piperidine rings is 1. The largest absolute Gasteiger partial charge is 0.279 e. The van der Waals surface area contributed by atoms with E-state index in [4.69, 9.17) is 23.2 Å². The van der Waals surface area contributed by atoms with Gasteiger partial charge in [0, 0.05) is 6.54 Å². The van der Waals surface area contributed by atoms with E-state index in [9.17, 15) is 9.59 Å². The summed E-state index contributed by atoms with van der Waals surface area (Å²) in [6, 6.07) is 9.68. The molecule has 2 rings (SSSR count). The van der Waals surface area contributed by atoms with Gasteiger partial charge >= 0.3 is 0 Å². The van der Waals surface area contributed by atoms with Gasteiger partial charge in [-0.3, -0.25) is 14.5 Å². The Morgan fingerprint density at radius 3 is 2.32 bits per heavy atom. The Morgan fingerprint density at radius 2 is 1.74 bits per heavy atom. The van der Waals surface area contributed by atoms with E-state index in [0.29, 0.717) is 19.5 Å². The zero-order valence-electron chi connectivity index (χ0n) is 10.4. The van der Waals surface area contributed by atoms with Crippen LogP contribution in [0, 0.1) is 0 Å². The summed E-state index contributed by atoms with van der Waals surface area (Å²) in [7, 11) is 0. The minimum Gasteiger partial charge on any atom is -0.279 e. The molecule has 0 spiro atoms. The first kappa shape index (κ1) is 14.5. The van der Waals surface area contributed by atoms with Gasteiger partial charge < -0.3 is 0 Å². The highest BCUT2D eigenvalue weighted by Gasteiger charge is 2.50. The van der Waals surface area contributed by atoms with Gasteiger partial charge in [-0.25, -0.2) is 0 Å². The molecule has 0 atom stereocenters. The molecule has 1 heterocycles. The third-order valence-electron chi connectivity index (χ3n) is 3.62. The lowest BCUT2D eigenvalue weighted by Gasteiger charge is -2.41. The summed E-state index contributed by atoms with van der Waals surface area (Å²) in [6.45, 7) is 1.14. The molecular weight excluding hydrogens is 285 g/mol. The maximum absolute atomic E-state index is 11.8. The fourth-order valence-electron chi connectivity index (χ4n) is 2.57. The summed E-state index contributed by atoms with van der Waals surface area (Å²) in [5, 5.41) is -1.36. The van der Waals surface area contributed by atoms with E-state index in [1.54, 1.807) is 4.90 Å². The van der Waals surface area contributed by atoms with E-state index in [-0.39, 0.29) is 0 Å². The van der Waals surface area contributed by atoms with Crippen molar-refractivity contribution in [1.82, 2.24) is 4.90 Å². The van der Waals surface area contributed by atoms with E-state index in [1.807, 2.05) is 30.3 Å². The molecule has 1 aliphatic heterocycles. The summed E-state index contributed by atoms with van der Waals surface area (Å²) in [6.07, 6.45) is 2.11. The van der Waals surface area contributed by atoms with Gasteiger partial charge in [0.2, 0.25) is 0 Å². The number of benzene rings is 1. The second kappa shape index (κ2) is 6.04. The molecule has 1 saturated heterocycles. The van der Waals surface area contributed by atoms with Crippen molar-refractivity contribution in [2.24, 2.45) is 0 Å². The maximum Gasteiger partial charge on any atom is 0.251 e. The summed E-state index contributed by atoms with van der Waals surface area (Å²) in [4.78, 5) is 25.4. The molecular formula is C14H15Cl2NO2. The molecule has 3 nitrogen and oxygen atoms in total. The van der Waals surface area contributed by atoms with Crippen molar-refractivity contribution in [3.05, 3.63) is 35.9 Å². The Hall–Kier alpha value is -0.900. The highest BCUT2D eigenvalue weighted by Crippen LogP contribution is 2.34. The molecule has 1 fully saturated rings. The molecule has 19 heavy (non-hydrogen) atoms. The Bertz CT molecular complexity index is 462. The van der Waals surface area contributed by atoms with Crippen LogP contribution in [-0.4, -0.2) is 27.5 Å². The van der Waals surface area contributed by atoms with Crippen LogP contribution in [0.1, 0.15) is 24.8 Å². The lowest BCUT2D eigenvalue weighted by molar-refractivity contribution is -0.137. The SMILES string of the molecule is O=C(Cl)C1(C(=O)Cl)CCCCN1Cc1ccccc1. The molecule has 102 valence electrons. The topological polar surface area (TPSA) is 37.4 Å². The van der Waals surface area contributed by atoms with Gasteiger partial charge in [-0.1, -0.05) is 30.3 Å². The normalized spacial score (nSPS) is 19.1. The molecule has 0 unspecified atom stereocenters. The number of rotatable bonds is 4. The van der Waals surface area contributed by atoms with E-state index < -0.39 is 16.0 Å². The molecule has 0 amide bonds. The van der Waals surface area contributed by atoms with Crippen molar-refractivity contribution < 1.29 is 9.59 Å². The monoisotopic (exact) mass is 299 g/mol. The van der Waals surface area contributed by atoms with Gasteiger partial charge in [0.1, 0.15) is 0 Å². The molecule has 1 aliphatic rings. The lowest BCUT2D eigenvalue weighted by atomic mass is 9.88. The van der Waals surface area contributed by atoms with Crippen molar-refractivity contribution in [2.45, 2.75) is 31.3 Å². The standard InChI is InChI=1S/C14H15Cl2NO2/c15-12(18)14(13(16)19)8-4-5-9-17(14)10-11-6-2-1-3-7-11/h1-3,6-7H,4-5,8-10H2. The predicted octanol–water partition coefficient (Wildman–Crippen LogP) is 2.94. The Kier molecular flexibility index (Phi) is 4.61. The summed E-state index contributed by atoms with van der Waals surface area (Å²) >= 11 is 11.4. The third kappa shape index (κ3) is 2.83. The maximum atomic E-state index is 11.8. The van der Waals surface area contributed by atoms with Crippen molar-refractivity contribution >= 4 is 33.7 Å². The lowest BCUT2D eigenvalue weighted by Crippen LogP contribution is -2.59. The molecule has 0 saturated carbocycles. The van der Waals surface area contributed by atoms with Gasteiger partial charge in [0.25, 0.3) is 10.5 Å². The number of halogens is 2. The minimum absolute atomic E-state index is 0.393. The first-order valence-electron chi connectivity index (χ1n) is 6.26. The molecule has 1 aromatic rings. The first-order chi connectivity index (χ1) is 9.07. The molecule has 5 heteroatoms. The molecule has 0 radical (unpaired) electrons. The van der Waals surface area contributed by atoms with Gasteiger partial charge in [-0.15, -0.1) is 0 Å². The zero-order valence-corrected chi connectivity index (χ0v) is 12.0. The molecule has 0 bridgehead atoms. The van der Waals surface area contributed by atoms with Crippen LogP contribution >= 0.6 is 23.2 Å². The smallest absolute Gasteiger partial charge is 0.251 e. The van der Waals surface area contributed by atoms with Crippen LogP contribution < -0.4 is 0 Å².